The molecule has 2 aromatic rings. The van der Waals surface area contributed by atoms with E-state index in [9.17, 15) is 12.8 Å². The standard InChI is InChI=1S/C12H14FN5O2S/c1-8-10(13)5-9(7-14-2)6-11(8)21(19,20)18-12-15-3-4-16-17-12/h3-6,14H,7H2,1-2H3,(H,15,17,18). The van der Waals surface area contributed by atoms with Crippen LogP contribution in [0.15, 0.2) is 29.4 Å². The van der Waals surface area contributed by atoms with Gasteiger partial charge in [-0.3, -0.25) is 0 Å². The number of hydrogen-bond acceptors (Lipinski definition) is 6. The molecule has 0 radical (unpaired) electrons. The van der Waals surface area contributed by atoms with E-state index in [-0.39, 0.29) is 16.4 Å². The lowest BCUT2D eigenvalue weighted by atomic mass is 10.1. The van der Waals surface area contributed by atoms with Gasteiger partial charge in [0.1, 0.15) is 5.82 Å². The number of sulfonamides is 1. The number of anilines is 1. The minimum Gasteiger partial charge on any atom is -0.316 e. The fourth-order valence-electron chi connectivity index (χ4n) is 1.76. The summed E-state index contributed by atoms with van der Waals surface area (Å²) in [5, 5.41) is 9.91. The Balaban J connectivity index is 2.44. The van der Waals surface area contributed by atoms with E-state index in [1.165, 1.54) is 31.5 Å². The van der Waals surface area contributed by atoms with Crippen molar-refractivity contribution in [2.75, 3.05) is 11.8 Å². The summed E-state index contributed by atoms with van der Waals surface area (Å²) in [5.41, 5.74) is 0.555. The molecule has 0 saturated heterocycles. The van der Waals surface area contributed by atoms with Crippen molar-refractivity contribution in [1.29, 1.82) is 0 Å². The van der Waals surface area contributed by atoms with Gasteiger partial charge < -0.3 is 5.32 Å². The Hall–Kier alpha value is -2.13. The number of benzene rings is 1. The van der Waals surface area contributed by atoms with E-state index < -0.39 is 15.8 Å². The van der Waals surface area contributed by atoms with E-state index in [1.807, 2.05) is 0 Å². The van der Waals surface area contributed by atoms with Gasteiger partial charge in [0.05, 0.1) is 17.3 Å². The lowest BCUT2D eigenvalue weighted by Crippen LogP contribution is -2.18. The fourth-order valence-corrected chi connectivity index (χ4v) is 3.01. The highest BCUT2D eigenvalue weighted by Gasteiger charge is 2.21. The molecule has 0 aliphatic carbocycles. The first-order chi connectivity index (χ1) is 9.94. The quantitative estimate of drug-likeness (QED) is 0.849. The summed E-state index contributed by atoms with van der Waals surface area (Å²) in [5.74, 6) is -0.758. The Kier molecular flexibility index (Phi) is 4.43. The Morgan fingerprint density at radius 1 is 1.29 bits per heavy atom. The predicted octanol–water partition coefficient (Wildman–Crippen LogP) is 0.839. The zero-order valence-corrected chi connectivity index (χ0v) is 12.3. The van der Waals surface area contributed by atoms with Crippen LogP contribution in [-0.2, 0) is 16.6 Å². The zero-order chi connectivity index (χ0) is 15.5. The van der Waals surface area contributed by atoms with Gasteiger partial charge in [-0.1, -0.05) is 0 Å². The Morgan fingerprint density at radius 2 is 2.05 bits per heavy atom. The molecule has 0 bridgehead atoms. The van der Waals surface area contributed by atoms with Crippen LogP contribution < -0.4 is 10.0 Å². The molecule has 1 aromatic heterocycles. The number of nitrogens with zero attached hydrogens (tertiary/aromatic N) is 3. The maximum atomic E-state index is 13.9. The van der Waals surface area contributed by atoms with E-state index >= 15 is 0 Å². The molecule has 0 atom stereocenters. The number of aromatic nitrogens is 3. The third-order valence-corrected chi connectivity index (χ3v) is 4.19. The maximum absolute atomic E-state index is 13.9. The highest BCUT2D eigenvalue weighted by atomic mass is 32.2. The lowest BCUT2D eigenvalue weighted by Gasteiger charge is -2.11. The number of rotatable bonds is 5. The van der Waals surface area contributed by atoms with Gasteiger partial charge in [-0.15, -0.1) is 5.10 Å². The van der Waals surface area contributed by atoms with Gasteiger partial charge in [-0.05, 0) is 31.7 Å². The summed E-state index contributed by atoms with van der Waals surface area (Å²) in [4.78, 5) is 3.58. The molecule has 0 amide bonds. The molecule has 112 valence electrons. The normalized spacial score (nSPS) is 11.4. The number of hydrogen-bond donors (Lipinski definition) is 2. The molecule has 2 N–H and O–H groups in total. The summed E-state index contributed by atoms with van der Waals surface area (Å²) in [6.07, 6.45) is 2.62. The van der Waals surface area contributed by atoms with Crippen LogP contribution in [0.3, 0.4) is 0 Å². The molecule has 0 fully saturated rings. The van der Waals surface area contributed by atoms with Crippen molar-refractivity contribution in [2.45, 2.75) is 18.4 Å². The molecule has 1 aromatic carbocycles. The van der Waals surface area contributed by atoms with E-state index in [2.05, 4.69) is 25.2 Å². The van der Waals surface area contributed by atoms with E-state index in [0.29, 0.717) is 12.1 Å². The second kappa shape index (κ2) is 6.10. The minimum absolute atomic E-state index is 0.0336. The van der Waals surface area contributed by atoms with Crippen molar-refractivity contribution in [3.8, 4) is 0 Å². The van der Waals surface area contributed by atoms with Crippen LogP contribution >= 0.6 is 0 Å². The van der Waals surface area contributed by atoms with Crippen LogP contribution in [0.5, 0.6) is 0 Å². The van der Waals surface area contributed by atoms with Crippen LogP contribution in [0.1, 0.15) is 11.1 Å². The maximum Gasteiger partial charge on any atom is 0.264 e. The molecule has 0 unspecified atom stereocenters. The minimum atomic E-state index is -3.99. The highest BCUT2D eigenvalue weighted by Crippen LogP contribution is 2.22. The van der Waals surface area contributed by atoms with Crippen molar-refractivity contribution >= 4 is 16.0 Å². The molecule has 0 saturated carbocycles. The second-order valence-electron chi connectivity index (χ2n) is 4.30. The van der Waals surface area contributed by atoms with Crippen LogP contribution in [0.4, 0.5) is 10.3 Å². The zero-order valence-electron chi connectivity index (χ0n) is 11.5. The molecule has 9 heteroatoms. The topological polar surface area (TPSA) is 96.9 Å². The Morgan fingerprint density at radius 3 is 2.67 bits per heavy atom. The van der Waals surface area contributed by atoms with Gasteiger partial charge in [0.25, 0.3) is 16.0 Å². The van der Waals surface area contributed by atoms with Gasteiger partial charge in [-0.25, -0.2) is 22.5 Å². The van der Waals surface area contributed by atoms with Crippen LogP contribution in [0.25, 0.3) is 0 Å². The van der Waals surface area contributed by atoms with Crippen LogP contribution in [0, 0.1) is 12.7 Å². The largest absolute Gasteiger partial charge is 0.316 e. The molecule has 0 spiro atoms. The van der Waals surface area contributed by atoms with Crippen molar-refractivity contribution in [3.63, 3.8) is 0 Å². The summed E-state index contributed by atoms with van der Waals surface area (Å²) < 4.78 is 40.7. The average molecular weight is 311 g/mol. The first kappa shape index (κ1) is 15.3. The smallest absolute Gasteiger partial charge is 0.264 e. The molecule has 0 aliphatic heterocycles. The van der Waals surface area contributed by atoms with Gasteiger partial charge in [0, 0.05) is 12.1 Å². The summed E-state index contributed by atoms with van der Waals surface area (Å²) in [6.45, 7) is 1.75. The molecule has 0 aliphatic rings. The Bertz CT molecular complexity index is 737. The molecule has 7 nitrogen and oxygen atoms in total. The average Bonchev–Trinajstić information content (AvgIpc) is 2.43. The van der Waals surface area contributed by atoms with Gasteiger partial charge in [0.15, 0.2) is 0 Å². The number of halogens is 1. The first-order valence-electron chi connectivity index (χ1n) is 6.04. The van der Waals surface area contributed by atoms with Crippen LogP contribution in [0.2, 0.25) is 0 Å². The third kappa shape index (κ3) is 3.50. The molecule has 21 heavy (non-hydrogen) atoms. The molecular weight excluding hydrogens is 297 g/mol. The fraction of sp³-hybridized carbons (Fsp3) is 0.250. The van der Waals surface area contributed by atoms with Crippen LogP contribution in [-0.4, -0.2) is 30.6 Å². The van der Waals surface area contributed by atoms with Crippen molar-refractivity contribution < 1.29 is 12.8 Å². The number of nitrogens with one attached hydrogen (secondary N) is 2. The van der Waals surface area contributed by atoms with Crippen molar-refractivity contribution in [1.82, 2.24) is 20.5 Å². The molecular formula is C12H14FN5O2S. The van der Waals surface area contributed by atoms with Crippen molar-refractivity contribution in [3.05, 3.63) is 41.5 Å². The van der Waals surface area contributed by atoms with Gasteiger partial charge in [-0.2, -0.15) is 5.10 Å². The van der Waals surface area contributed by atoms with Gasteiger partial charge in [0.2, 0.25) is 0 Å². The molecule has 1 heterocycles. The van der Waals surface area contributed by atoms with E-state index in [0.717, 1.165) is 0 Å². The van der Waals surface area contributed by atoms with E-state index in [4.69, 9.17) is 0 Å². The van der Waals surface area contributed by atoms with Crippen molar-refractivity contribution in [2.24, 2.45) is 0 Å². The van der Waals surface area contributed by atoms with E-state index in [1.54, 1.807) is 7.05 Å². The summed E-state index contributed by atoms with van der Waals surface area (Å²) in [7, 11) is -2.30. The van der Waals surface area contributed by atoms with Gasteiger partial charge >= 0.3 is 0 Å². The predicted molar refractivity (Wildman–Crippen MR) is 74.5 cm³/mol. The third-order valence-electron chi connectivity index (χ3n) is 2.74. The Labute approximate surface area is 121 Å². The second-order valence-corrected chi connectivity index (χ2v) is 5.95. The summed E-state index contributed by atoms with van der Waals surface area (Å²) in [6, 6.07) is 2.71. The monoisotopic (exact) mass is 311 g/mol. The molecule has 2 rings (SSSR count). The first-order valence-corrected chi connectivity index (χ1v) is 7.52. The highest BCUT2D eigenvalue weighted by molar-refractivity contribution is 7.92. The SMILES string of the molecule is CNCc1cc(F)c(C)c(S(=O)(=O)Nc2nccnn2)c1. The summed E-state index contributed by atoms with van der Waals surface area (Å²) >= 11 is 0. The lowest BCUT2D eigenvalue weighted by molar-refractivity contribution is 0.588.